The Balaban J connectivity index is 1.65. The van der Waals surface area contributed by atoms with Gasteiger partial charge in [0.2, 0.25) is 5.91 Å². The number of benzene rings is 2. The molecule has 0 aromatic heterocycles. The van der Waals surface area contributed by atoms with Crippen molar-refractivity contribution in [2.75, 3.05) is 24.4 Å². The summed E-state index contributed by atoms with van der Waals surface area (Å²) in [6, 6.07) is 12.1. The van der Waals surface area contributed by atoms with Crippen LogP contribution in [0, 0.1) is 6.92 Å². The highest BCUT2D eigenvalue weighted by atomic mass is 35.5. The molecule has 8 heteroatoms. The van der Waals surface area contributed by atoms with Crippen molar-refractivity contribution in [2.24, 2.45) is 0 Å². The van der Waals surface area contributed by atoms with Crippen LogP contribution in [-0.4, -0.2) is 31.5 Å². The lowest BCUT2D eigenvalue weighted by atomic mass is 10.2. The SMILES string of the molecule is COc1cccc(NC(=O)COC(=O)CCCC(=O)Nc2ccc(C)c(Cl)c2)c1. The number of hydrogen-bond acceptors (Lipinski definition) is 5. The Morgan fingerprint density at radius 3 is 2.41 bits per heavy atom. The Kier molecular flexibility index (Phi) is 8.48. The largest absolute Gasteiger partial charge is 0.497 e. The quantitative estimate of drug-likeness (QED) is 0.601. The maximum Gasteiger partial charge on any atom is 0.306 e. The Hall–Kier alpha value is -3.06. The summed E-state index contributed by atoms with van der Waals surface area (Å²) in [5.74, 6) is -0.628. The summed E-state index contributed by atoms with van der Waals surface area (Å²) in [5.41, 5.74) is 2.06. The highest BCUT2D eigenvalue weighted by Gasteiger charge is 2.10. The number of rotatable bonds is 9. The van der Waals surface area contributed by atoms with E-state index in [1.54, 1.807) is 36.4 Å². The monoisotopic (exact) mass is 418 g/mol. The van der Waals surface area contributed by atoms with Gasteiger partial charge in [0.05, 0.1) is 7.11 Å². The van der Waals surface area contributed by atoms with Gasteiger partial charge in [-0.25, -0.2) is 0 Å². The lowest BCUT2D eigenvalue weighted by Gasteiger charge is -2.08. The molecule has 2 aromatic rings. The molecule has 0 spiro atoms. The fourth-order valence-corrected chi connectivity index (χ4v) is 2.58. The maximum atomic E-state index is 11.9. The van der Waals surface area contributed by atoms with E-state index in [-0.39, 0.29) is 18.7 Å². The number of nitrogens with one attached hydrogen (secondary N) is 2. The molecule has 154 valence electrons. The number of amides is 2. The molecule has 2 N–H and O–H groups in total. The second kappa shape index (κ2) is 11.1. The number of methoxy groups -OCH3 is 1. The summed E-state index contributed by atoms with van der Waals surface area (Å²) >= 11 is 6.02. The molecule has 0 saturated heterocycles. The fraction of sp³-hybridized carbons (Fsp3) is 0.286. The van der Waals surface area contributed by atoms with Gasteiger partial charge in [0.15, 0.2) is 6.61 Å². The third kappa shape index (κ3) is 7.83. The van der Waals surface area contributed by atoms with Gasteiger partial charge in [-0.1, -0.05) is 23.7 Å². The van der Waals surface area contributed by atoms with Gasteiger partial charge >= 0.3 is 5.97 Å². The number of esters is 1. The Morgan fingerprint density at radius 1 is 0.966 bits per heavy atom. The first-order valence-electron chi connectivity index (χ1n) is 9.03. The predicted octanol–water partition coefficient (Wildman–Crippen LogP) is 3.95. The van der Waals surface area contributed by atoms with Gasteiger partial charge in [-0.2, -0.15) is 0 Å². The molecule has 2 amide bonds. The van der Waals surface area contributed by atoms with Crippen LogP contribution in [0.5, 0.6) is 5.75 Å². The van der Waals surface area contributed by atoms with Crippen LogP contribution < -0.4 is 15.4 Å². The van der Waals surface area contributed by atoms with Crippen LogP contribution in [0.1, 0.15) is 24.8 Å². The average molecular weight is 419 g/mol. The smallest absolute Gasteiger partial charge is 0.306 e. The van der Waals surface area contributed by atoms with E-state index in [1.807, 2.05) is 13.0 Å². The van der Waals surface area contributed by atoms with Crippen LogP contribution in [0.25, 0.3) is 0 Å². The van der Waals surface area contributed by atoms with Crippen molar-refractivity contribution in [1.29, 1.82) is 0 Å². The third-order valence-corrected chi connectivity index (χ3v) is 4.37. The highest BCUT2D eigenvalue weighted by Crippen LogP contribution is 2.20. The second-order valence-corrected chi connectivity index (χ2v) is 6.71. The standard InChI is InChI=1S/C21H23ClN2O5/c1-14-9-10-16(12-18(14)22)23-19(25)7-4-8-21(27)29-13-20(26)24-15-5-3-6-17(11-15)28-2/h3,5-6,9-12H,4,7-8,13H2,1-2H3,(H,23,25)(H,24,26). The predicted molar refractivity (Wildman–Crippen MR) is 111 cm³/mol. The number of anilines is 2. The molecule has 2 rings (SSSR count). The molecule has 0 unspecified atom stereocenters. The zero-order chi connectivity index (χ0) is 21.2. The Labute approximate surface area is 174 Å². The van der Waals surface area contributed by atoms with Gasteiger partial charge < -0.3 is 20.1 Å². The van der Waals surface area contributed by atoms with Gasteiger partial charge in [0.25, 0.3) is 5.91 Å². The van der Waals surface area contributed by atoms with Crippen molar-refractivity contribution in [1.82, 2.24) is 0 Å². The van der Waals surface area contributed by atoms with E-state index in [0.29, 0.717) is 28.6 Å². The van der Waals surface area contributed by atoms with E-state index in [4.69, 9.17) is 21.1 Å². The molecule has 0 aliphatic heterocycles. The number of aryl methyl sites for hydroxylation is 1. The first-order valence-corrected chi connectivity index (χ1v) is 9.40. The van der Waals surface area contributed by atoms with E-state index in [9.17, 15) is 14.4 Å². The molecule has 0 bridgehead atoms. The molecule has 29 heavy (non-hydrogen) atoms. The van der Waals surface area contributed by atoms with Gasteiger partial charge in [0.1, 0.15) is 5.75 Å². The number of carbonyl (C=O) groups is 3. The van der Waals surface area contributed by atoms with Crippen molar-refractivity contribution in [3.8, 4) is 5.75 Å². The molecule has 0 radical (unpaired) electrons. The molecule has 2 aromatic carbocycles. The zero-order valence-electron chi connectivity index (χ0n) is 16.3. The van der Waals surface area contributed by atoms with Gasteiger partial charge in [-0.15, -0.1) is 0 Å². The highest BCUT2D eigenvalue weighted by molar-refractivity contribution is 6.31. The summed E-state index contributed by atoms with van der Waals surface area (Å²) in [6.45, 7) is 1.47. The van der Waals surface area contributed by atoms with Crippen LogP contribution >= 0.6 is 11.6 Å². The lowest BCUT2D eigenvalue weighted by Crippen LogP contribution is -2.21. The van der Waals surface area contributed by atoms with Crippen LogP contribution in [-0.2, 0) is 19.1 Å². The number of halogens is 1. The molecule has 7 nitrogen and oxygen atoms in total. The minimum Gasteiger partial charge on any atom is -0.497 e. The number of ether oxygens (including phenoxy) is 2. The third-order valence-electron chi connectivity index (χ3n) is 3.96. The maximum absolute atomic E-state index is 11.9. The van der Waals surface area contributed by atoms with Crippen LogP contribution in [0.2, 0.25) is 5.02 Å². The van der Waals surface area contributed by atoms with Crippen molar-refractivity contribution >= 4 is 40.8 Å². The molecule has 0 fully saturated rings. The van der Waals surface area contributed by atoms with E-state index >= 15 is 0 Å². The number of hydrogen-bond donors (Lipinski definition) is 2. The van der Waals surface area contributed by atoms with Crippen LogP contribution in [0.4, 0.5) is 11.4 Å². The molecule has 0 aliphatic carbocycles. The lowest BCUT2D eigenvalue weighted by molar-refractivity contribution is -0.147. The van der Waals surface area contributed by atoms with E-state index in [2.05, 4.69) is 10.6 Å². The van der Waals surface area contributed by atoms with E-state index in [0.717, 1.165) is 5.56 Å². The minimum absolute atomic E-state index is 0.0362. The molecule has 0 atom stereocenters. The Bertz CT molecular complexity index is 885. The molecular weight excluding hydrogens is 396 g/mol. The van der Waals surface area contributed by atoms with Crippen LogP contribution in [0.3, 0.4) is 0 Å². The summed E-state index contributed by atoms with van der Waals surface area (Å²) in [6.07, 6.45) is 0.493. The molecule has 0 aliphatic rings. The van der Waals surface area contributed by atoms with Crippen LogP contribution in [0.15, 0.2) is 42.5 Å². The van der Waals surface area contributed by atoms with Crippen molar-refractivity contribution in [3.63, 3.8) is 0 Å². The minimum atomic E-state index is -0.544. The Morgan fingerprint density at radius 2 is 1.69 bits per heavy atom. The summed E-state index contributed by atoms with van der Waals surface area (Å²) in [5, 5.41) is 5.90. The van der Waals surface area contributed by atoms with E-state index in [1.165, 1.54) is 7.11 Å². The molecule has 0 saturated carbocycles. The summed E-state index contributed by atoms with van der Waals surface area (Å²) in [7, 11) is 1.53. The van der Waals surface area contributed by atoms with E-state index < -0.39 is 18.5 Å². The fourth-order valence-electron chi connectivity index (χ4n) is 2.40. The second-order valence-electron chi connectivity index (χ2n) is 6.31. The first kappa shape index (κ1) is 22.2. The first-order chi connectivity index (χ1) is 13.9. The normalized spacial score (nSPS) is 10.2. The zero-order valence-corrected chi connectivity index (χ0v) is 17.0. The van der Waals surface area contributed by atoms with Crippen molar-refractivity contribution in [2.45, 2.75) is 26.2 Å². The van der Waals surface area contributed by atoms with Gasteiger partial charge in [-0.05, 0) is 43.2 Å². The van der Waals surface area contributed by atoms with Gasteiger partial charge in [-0.3, -0.25) is 14.4 Å². The topological polar surface area (TPSA) is 93.7 Å². The summed E-state index contributed by atoms with van der Waals surface area (Å²) < 4.78 is 10.0. The van der Waals surface area contributed by atoms with Gasteiger partial charge in [0, 0.05) is 35.3 Å². The average Bonchev–Trinajstić information content (AvgIpc) is 2.69. The van der Waals surface area contributed by atoms with Crippen molar-refractivity contribution < 1.29 is 23.9 Å². The molecule has 0 heterocycles. The summed E-state index contributed by atoms with van der Waals surface area (Å²) in [4.78, 5) is 35.5. The number of carbonyl (C=O) groups excluding carboxylic acids is 3. The van der Waals surface area contributed by atoms with Crippen molar-refractivity contribution in [3.05, 3.63) is 53.1 Å². The molecular formula is C21H23ClN2O5.